The standard InChI is InChI=1S/C16H21FN2S/c1-4-7-18-16(9-13-10-20-12(3)19-13)14-8-11(2)5-6-15(14)17/h5-6,8,10,16,18H,4,7,9H2,1-3H3. The lowest BCUT2D eigenvalue weighted by atomic mass is 9.99. The van der Waals surface area contributed by atoms with Crippen molar-refractivity contribution < 1.29 is 4.39 Å². The lowest BCUT2D eigenvalue weighted by Gasteiger charge is -2.19. The van der Waals surface area contributed by atoms with Crippen LogP contribution in [0.2, 0.25) is 0 Å². The van der Waals surface area contributed by atoms with Gasteiger partial charge in [-0.25, -0.2) is 9.37 Å². The molecule has 1 heterocycles. The van der Waals surface area contributed by atoms with Crippen LogP contribution >= 0.6 is 11.3 Å². The Bertz CT molecular complexity index is 565. The number of thiazole rings is 1. The van der Waals surface area contributed by atoms with Gasteiger partial charge in [-0.3, -0.25) is 0 Å². The highest BCUT2D eigenvalue weighted by molar-refractivity contribution is 7.09. The molecule has 0 bridgehead atoms. The molecule has 0 saturated heterocycles. The Morgan fingerprint density at radius 1 is 1.35 bits per heavy atom. The second-order valence-corrected chi connectivity index (χ2v) is 6.16. The van der Waals surface area contributed by atoms with Crippen LogP contribution in [-0.4, -0.2) is 11.5 Å². The SMILES string of the molecule is CCCNC(Cc1csc(C)n1)c1cc(C)ccc1F. The molecule has 0 radical (unpaired) electrons. The number of benzene rings is 1. The number of aromatic nitrogens is 1. The summed E-state index contributed by atoms with van der Waals surface area (Å²) in [7, 11) is 0. The minimum Gasteiger partial charge on any atom is -0.310 e. The lowest BCUT2D eigenvalue weighted by Crippen LogP contribution is -2.25. The van der Waals surface area contributed by atoms with E-state index in [1.165, 1.54) is 0 Å². The van der Waals surface area contributed by atoms with Crippen molar-refractivity contribution in [3.8, 4) is 0 Å². The summed E-state index contributed by atoms with van der Waals surface area (Å²) in [6.07, 6.45) is 1.75. The molecule has 2 rings (SSSR count). The number of nitrogens with zero attached hydrogens (tertiary/aromatic N) is 1. The topological polar surface area (TPSA) is 24.9 Å². The van der Waals surface area contributed by atoms with Crippen LogP contribution in [0.25, 0.3) is 0 Å². The van der Waals surface area contributed by atoms with Gasteiger partial charge in [0.05, 0.1) is 10.7 Å². The van der Waals surface area contributed by atoms with Gasteiger partial charge in [-0.2, -0.15) is 0 Å². The van der Waals surface area contributed by atoms with Gasteiger partial charge in [-0.1, -0.05) is 24.6 Å². The third-order valence-electron chi connectivity index (χ3n) is 3.25. The summed E-state index contributed by atoms with van der Waals surface area (Å²) in [5.41, 5.74) is 2.85. The van der Waals surface area contributed by atoms with Crippen LogP contribution in [0.5, 0.6) is 0 Å². The molecule has 2 aromatic rings. The summed E-state index contributed by atoms with van der Waals surface area (Å²) in [4.78, 5) is 4.49. The highest BCUT2D eigenvalue weighted by Gasteiger charge is 2.17. The quantitative estimate of drug-likeness (QED) is 0.864. The number of nitrogens with one attached hydrogen (secondary N) is 1. The molecule has 1 aromatic carbocycles. The van der Waals surface area contributed by atoms with Crippen LogP contribution in [0.15, 0.2) is 23.6 Å². The molecule has 1 aromatic heterocycles. The van der Waals surface area contributed by atoms with E-state index in [1.807, 2.05) is 26.0 Å². The predicted octanol–water partition coefficient (Wildman–Crippen LogP) is 4.18. The van der Waals surface area contributed by atoms with Crippen molar-refractivity contribution in [2.45, 2.75) is 39.7 Å². The van der Waals surface area contributed by atoms with Gasteiger partial charge in [0.2, 0.25) is 0 Å². The van der Waals surface area contributed by atoms with Crippen LogP contribution in [0.4, 0.5) is 4.39 Å². The molecular weight excluding hydrogens is 271 g/mol. The van der Waals surface area contributed by atoms with Crippen LogP contribution < -0.4 is 5.32 Å². The fourth-order valence-electron chi connectivity index (χ4n) is 2.25. The van der Waals surface area contributed by atoms with Crippen molar-refractivity contribution in [3.05, 3.63) is 51.2 Å². The largest absolute Gasteiger partial charge is 0.310 e. The van der Waals surface area contributed by atoms with Gasteiger partial charge < -0.3 is 5.32 Å². The number of rotatable bonds is 6. The second-order valence-electron chi connectivity index (χ2n) is 5.09. The molecule has 1 atom stereocenters. The second kappa shape index (κ2) is 6.95. The smallest absolute Gasteiger partial charge is 0.128 e. The molecule has 0 aliphatic carbocycles. The maximum Gasteiger partial charge on any atom is 0.128 e. The highest BCUT2D eigenvalue weighted by Crippen LogP contribution is 2.23. The van der Waals surface area contributed by atoms with Crippen molar-refractivity contribution in [3.63, 3.8) is 0 Å². The molecule has 4 heteroatoms. The summed E-state index contributed by atoms with van der Waals surface area (Å²) in [6, 6.07) is 5.28. The highest BCUT2D eigenvalue weighted by atomic mass is 32.1. The maximum atomic E-state index is 14.1. The predicted molar refractivity (Wildman–Crippen MR) is 82.7 cm³/mol. The van der Waals surface area contributed by atoms with Crippen molar-refractivity contribution in [2.75, 3.05) is 6.54 Å². The average molecular weight is 292 g/mol. The lowest BCUT2D eigenvalue weighted by molar-refractivity contribution is 0.493. The Hall–Kier alpha value is -1.26. The van der Waals surface area contributed by atoms with Crippen molar-refractivity contribution in [2.24, 2.45) is 0 Å². The van der Waals surface area contributed by atoms with Crippen molar-refractivity contribution >= 4 is 11.3 Å². The molecular formula is C16H21FN2S. The summed E-state index contributed by atoms with van der Waals surface area (Å²) >= 11 is 1.64. The Morgan fingerprint density at radius 2 is 2.15 bits per heavy atom. The molecule has 0 saturated carbocycles. The van der Waals surface area contributed by atoms with Crippen molar-refractivity contribution in [1.29, 1.82) is 0 Å². The summed E-state index contributed by atoms with van der Waals surface area (Å²) in [6.45, 7) is 6.98. The van der Waals surface area contributed by atoms with Crippen LogP contribution in [-0.2, 0) is 6.42 Å². The van der Waals surface area contributed by atoms with Gasteiger partial charge in [0.1, 0.15) is 5.82 Å². The molecule has 0 aliphatic rings. The summed E-state index contributed by atoms with van der Waals surface area (Å²) < 4.78 is 14.1. The zero-order valence-corrected chi connectivity index (χ0v) is 13.1. The van der Waals surface area contributed by atoms with E-state index < -0.39 is 0 Å². The molecule has 0 aliphatic heterocycles. The molecule has 2 nitrogen and oxygen atoms in total. The normalized spacial score (nSPS) is 12.6. The molecule has 0 spiro atoms. The first kappa shape index (κ1) is 15.1. The van der Waals surface area contributed by atoms with E-state index in [2.05, 4.69) is 22.6 Å². The van der Waals surface area contributed by atoms with E-state index in [0.29, 0.717) is 0 Å². The Labute approximate surface area is 124 Å². The molecule has 0 fully saturated rings. The zero-order valence-electron chi connectivity index (χ0n) is 12.2. The third kappa shape index (κ3) is 3.87. The van der Waals surface area contributed by atoms with Gasteiger partial charge in [-0.05, 0) is 32.9 Å². The van der Waals surface area contributed by atoms with E-state index in [-0.39, 0.29) is 11.9 Å². The first-order valence-electron chi connectivity index (χ1n) is 7.00. The average Bonchev–Trinajstić information content (AvgIpc) is 2.83. The Balaban J connectivity index is 2.24. The summed E-state index contributed by atoms with van der Waals surface area (Å²) in [5, 5.41) is 6.55. The zero-order chi connectivity index (χ0) is 14.5. The monoisotopic (exact) mass is 292 g/mol. The fraction of sp³-hybridized carbons (Fsp3) is 0.438. The number of halogens is 1. The van der Waals surface area contributed by atoms with Gasteiger partial charge >= 0.3 is 0 Å². The Morgan fingerprint density at radius 3 is 2.80 bits per heavy atom. The molecule has 108 valence electrons. The summed E-state index contributed by atoms with van der Waals surface area (Å²) in [5.74, 6) is -0.142. The van der Waals surface area contributed by atoms with Crippen LogP contribution in [0.1, 0.15) is 41.2 Å². The van der Waals surface area contributed by atoms with E-state index in [1.54, 1.807) is 17.4 Å². The van der Waals surface area contributed by atoms with E-state index in [4.69, 9.17) is 0 Å². The molecule has 1 N–H and O–H groups in total. The molecule has 0 amide bonds. The number of hydrogen-bond acceptors (Lipinski definition) is 3. The first-order chi connectivity index (χ1) is 9.60. The van der Waals surface area contributed by atoms with Crippen LogP contribution in [0, 0.1) is 19.7 Å². The molecule has 20 heavy (non-hydrogen) atoms. The van der Waals surface area contributed by atoms with E-state index in [0.717, 1.165) is 41.2 Å². The van der Waals surface area contributed by atoms with E-state index in [9.17, 15) is 4.39 Å². The number of aryl methyl sites for hydroxylation is 2. The van der Waals surface area contributed by atoms with Gasteiger partial charge in [-0.15, -0.1) is 11.3 Å². The van der Waals surface area contributed by atoms with Crippen LogP contribution in [0.3, 0.4) is 0 Å². The number of hydrogen-bond donors (Lipinski definition) is 1. The van der Waals surface area contributed by atoms with Crippen molar-refractivity contribution in [1.82, 2.24) is 10.3 Å². The minimum atomic E-state index is -0.142. The minimum absolute atomic E-state index is 0.0173. The fourth-order valence-corrected chi connectivity index (χ4v) is 2.88. The van der Waals surface area contributed by atoms with Gasteiger partial charge in [0.15, 0.2) is 0 Å². The third-order valence-corrected chi connectivity index (χ3v) is 4.07. The van der Waals surface area contributed by atoms with Gasteiger partial charge in [0, 0.05) is 23.4 Å². The molecule has 1 unspecified atom stereocenters. The maximum absolute atomic E-state index is 14.1. The van der Waals surface area contributed by atoms with Gasteiger partial charge in [0.25, 0.3) is 0 Å². The van der Waals surface area contributed by atoms with E-state index >= 15 is 0 Å². The first-order valence-corrected chi connectivity index (χ1v) is 7.88. The Kier molecular flexibility index (Phi) is 5.26.